The molecule has 2 aliphatic carbocycles. The number of benzene rings is 1. The lowest BCUT2D eigenvalue weighted by Gasteiger charge is -2.31. The molecule has 0 spiro atoms. The largest absolute Gasteiger partial charge is 0.354 e. The van der Waals surface area contributed by atoms with Crippen molar-refractivity contribution in [3.63, 3.8) is 0 Å². The van der Waals surface area contributed by atoms with E-state index in [2.05, 4.69) is 39.9 Å². The highest BCUT2D eigenvalue weighted by Gasteiger charge is 2.22. The molecule has 3 rings (SSSR count). The van der Waals surface area contributed by atoms with Crippen molar-refractivity contribution in [3.05, 3.63) is 35.4 Å². The SMILES string of the molecule is CN=C(NC1CCC1)NC1CCc2ccccc2C1.I. The fourth-order valence-corrected chi connectivity index (χ4v) is 2.93. The quantitative estimate of drug-likeness (QED) is 0.467. The van der Waals surface area contributed by atoms with Gasteiger partial charge in [0.25, 0.3) is 0 Å². The molecule has 1 aromatic carbocycles. The first-order valence-corrected chi connectivity index (χ1v) is 7.42. The monoisotopic (exact) mass is 385 g/mol. The Morgan fingerprint density at radius 2 is 1.75 bits per heavy atom. The molecule has 3 nitrogen and oxygen atoms in total. The summed E-state index contributed by atoms with van der Waals surface area (Å²) in [5.41, 5.74) is 3.01. The number of halogens is 1. The predicted octanol–water partition coefficient (Wildman–Crippen LogP) is 2.88. The van der Waals surface area contributed by atoms with Gasteiger partial charge < -0.3 is 10.6 Å². The summed E-state index contributed by atoms with van der Waals surface area (Å²) in [6.45, 7) is 0. The number of nitrogens with zero attached hydrogens (tertiary/aromatic N) is 1. The molecule has 4 heteroatoms. The van der Waals surface area contributed by atoms with Gasteiger partial charge in [0, 0.05) is 19.1 Å². The van der Waals surface area contributed by atoms with Crippen molar-refractivity contribution < 1.29 is 0 Å². The van der Waals surface area contributed by atoms with Crippen molar-refractivity contribution in [3.8, 4) is 0 Å². The molecule has 0 heterocycles. The third kappa shape index (κ3) is 3.65. The molecule has 1 aromatic rings. The Morgan fingerprint density at radius 3 is 2.40 bits per heavy atom. The van der Waals surface area contributed by atoms with Crippen LogP contribution in [-0.4, -0.2) is 25.1 Å². The Balaban J connectivity index is 0.00000147. The predicted molar refractivity (Wildman–Crippen MR) is 94.9 cm³/mol. The van der Waals surface area contributed by atoms with Gasteiger partial charge in [-0.1, -0.05) is 24.3 Å². The van der Waals surface area contributed by atoms with Crippen molar-refractivity contribution >= 4 is 29.9 Å². The van der Waals surface area contributed by atoms with Gasteiger partial charge in [0.15, 0.2) is 5.96 Å². The maximum absolute atomic E-state index is 4.35. The molecule has 110 valence electrons. The molecule has 2 aliphatic rings. The number of aryl methyl sites for hydroxylation is 1. The van der Waals surface area contributed by atoms with E-state index < -0.39 is 0 Å². The Morgan fingerprint density at radius 1 is 1.05 bits per heavy atom. The van der Waals surface area contributed by atoms with E-state index in [9.17, 15) is 0 Å². The molecule has 0 aliphatic heterocycles. The van der Waals surface area contributed by atoms with Gasteiger partial charge in [-0.05, 0) is 49.7 Å². The van der Waals surface area contributed by atoms with E-state index in [1.165, 1.54) is 43.2 Å². The number of nitrogens with one attached hydrogen (secondary N) is 2. The Labute approximate surface area is 138 Å². The molecule has 0 bridgehead atoms. The van der Waals surface area contributed by atoms with E-state index in [1.54, 1.807) is 0 Å². The Bertz CT molecular complexity index is 469. The van der Waals surface area contributed by atoms with Gasteiger partial charge in [0.2, 0.25) is 0 Å². The third-order valence-corrected chi connectivity index (χ3v) is 4.36. The van der Waals surface area contributed by atoms with Crippen LogP contribution in [0.15, 0.2) is 29.3 Å². The van der Waals surface area contributed by atoms with Crippen LogP contribution in [0.3, 0.4) is 0 Å². The summed E-state index contributed by atoms with van der Waals surface area (Å²) in [4.78, 5) is 4.35. The highest BCUT2D eigenvalue weighted by Crippen LogP contribution is 2.21. The first-order valence-electron chi connectivity index (χ1n) is 7.42. The third-order valence-electron chi connectivity index (χ3n) is 4.36. The molecule has 1 fully saturated rings. The number of hydrogen-bond donors (Lipinski definition) is 2. The fourth-order valence-electron chi connectivity index (χ4n) is 2.93. The molecule has 2 N–H and O–H groups in total. The molecule has 20 heavy (non-hydrogen) atoms. The number of fused-ring (bicyclic) bond motifs is 1. The number of aliphatic imine (C=N–C) groups is 1. The van der Waals surface area contributed by atoms with Gasteiger partial charge in [-0.2, -0.15) is 0 Å². The molecular formula is C16H24IN3. The van der Waals surface area contributed by atoms with Gasteiger partial charge in [0.1, 0.15) is 0 Å². The van der Waals surface area contributed by atoms with Gasteiger partial charge in [-0.15, -0.1) is 24.0 Å². The van der Waals surface area contributed by atoms with Gasteiger partial charge in [-0.3, -0.25) is 4.99 Å². The summed E-state index contributed by atoms with van der Waals surface area (Å²) >= 11 is 0. The number of rotatable bonds is 2. The van der Waals surface area contributed by atoms with Crippen LogP contribution in [0.2, 0.25) is 0 Å². The van der Waals surface area contributed by atoms with Crippen molar-refractivity contribution in [1.29, 1.82) is 0 Å². The van der Waals surface area contributed by atoms with Gasteiger partial charge in [-0.25, -0.2) is 0 Å². The summed E-state index contributed by atoms with van der Waals surface area (Å²) < 4.78 is 0. The highest BCUT2D eigenvalue weighted by atomic mass is 127. The minimum Gasteiger partial charge on any atom is -0.354 e. The van der Waals surface area contributed by atoms with Crippen LogP contribution in [0.4, 0.5) is 0 Å². The van der Waals surface area contributed by atoms with Crippen LogP contribution in [-0.2, 0) is 12.8 Å². The first kappa shape index (κ1) is 15.6. The summed E-state index contributed by atoms with van der Waals surface area (Å²) in [6.07, 6.45) is 7.41. The van der Waals surface area contributed by atoms with Crippen molar-refractivity contribution in [2.24, 2.45) is 4.99 Å². The zero-order valence-corrected chi connectivity index (χ0v) is 14.4. The molecule has 0 amide bonds. The zero-order valence-electron chi connectivity index (χ0n) is 12.1. The molecule has 0 saturated heterocycles. The minimum atomic E-state index is 0. The Hall–Kier alpha value is -0.780. The van der Waals surface area contributed by atoms with Crippen LogP contribution in [0, 0.1) is 0 Å². The van der Waals surface area contributed by atoms with Crippen LogP contribution >= 0.6 is 24.0 Å². The molecule has 1 unspecified atom stereocenters. The summed E-state index contributed by atoms with van der Waals surface area (Å²) in [7, 11) is 1.87. The second-order valence-electron chi connectivity index (χ2n) is 5.70. The maximum Gasteiger partial charge on any atom is 0.191 e. The van der Waals surface area contributed by atoms with Crippen molar-refractivity contribution in [2.45, 2.75) is 50.6 Å². The maximum atomic E-state index is 4.35. The summed E-state index contributed by atoms with van der Waals surface area (Å²) in [5.74, 6) is 0.981. The first-order chi connectivity index (χ1) is 9.35. The summed E-state index contributed by atoms with van der Waals surface area (Å²) in [6, 6.07) is 9.95. The Kier molecular flexibility index (Phi) is 5.69. The standard InChI is InChI=1S/C16H23N3.HI/c1-17-16(18-14-7-4-8-14)19-15-10-9-12-5-2-3-6-13(12)11-15;/h2-3,5-6,14-15H,4,7-11H2,1H3,(H2,17,18,19);1H. The average molecular weight is 385 g/mol. The van der Waals surface area contributed by atoms with Crippen molar-refractivity contribution in [2.75, 3.05) is 7.05 Å². The molecule has 1 saturated carbocycles. The van der Waals surface area contributed by atoms with E-state index in [4.69, 9.17) is 0 Å². The fraction of sp³-hybridized carbons (Fsp3) is 0.562. The smallest absolute Gasteiger partial charge is 0.191 e. The van der Waals surface area contributed by atoms with Crippen LogP contribution in [0.1, 0.15) is 36.8 Å². The lowest BCUT2D eigenvalue weighted by Crippen LogP contribution is -2.50. The second-order valence-corrected chi connectivity index (χ2v) is 5.70. The zero-order chi connectivity index (χ0) is 13.1. The van der Waals surface area contributed by atoms with E-state index in [0.717, 1.165) is 12.4 Å². The summed E-state index contributed by atoms with van der Waals surface area (Å²) in [5, 5.41) is 7.10. The van der Waals surface area contributed by atoms with E-state index in [1.807, 2.05) is 7.05 Å². The second kappa shape index (κ2) is 7.29. The average Bonchev–Trinajstić information content (AvgIpc) is 2.41. The topological polar surface area (TPSA) is 36.4 Å². The van der Waals surface area contributed by atoms with Crippen LogP contribution in [0.25, 0.3) is 0 Å². The van der Waals surface area contributed by atoms with Crippen LogP contribution in [0.5, 0.6) is 0 Å². The lowest BCUT2D eigenvalue weighted by molar-refractivity contribution is 0.376. The molecule has 0 aromatic heterocycles. The van der Waals surface area contributed by atoms with Crippen LogP contribution < -0.4 is 10.6 Å². The number of guanidine groups is 1. The minimum absolute atomic E-state index is 0. The van der Waals surface area contributed by atoms with Gasteiger partial charge >= 0.3 is 0 Å². The van der Waals surface area contributed by atoms with E-state index in [0.29, 0.717) is 12.1 Å². The highest BCUT2D eigenvalue weighted by molar-refractivity contribution is 14.0. The number of hydrogen-bond acceptors (Lipinski definition) is 1. The molecule has 1 atom stereocenters. The van der Waals surface area contributed by atoms with E-state index >= 15 is 0 Å². The van der Waals surface area contributed by atoms with Gasteiger partial charge in [0.05, 0.1) is 0 Å². The molecule has 0 radical (unpaired) electrons. The van der Waals surface area contributed by atoms with Crippen molar-refractivity contribution in [1.82, 2.24) is 10.6 Å². The molecular weight excluding hydrogens is 361 g/mol. The van der Waals surface area contributed by atoms with E-state index in [-0.39, 0.29) is 24.0 Å². The lowest BCUT2D eigenvalue weighted by atomic mass is 9.88. The normalized spacial score (nSPS) is 22.2.